The summed E-state index contributed by atoms with van der Waals surface area (Å²) in [6, 6.07) is 14.1. The number of nitrogens with one attached hydrogen (secondary N) is 1. The lowest BCUT2D eigenvalue weighted by molar-refractivity contribution is 0.102. The van der Waals surface area contributed by atoms with Crippen molar-refractivity contribution in [3.8, 4) is 11.3 Å². The highest BCUT2D eigenvalue weighted by atomic mass is 19.1. The maximum atomic E-state index is 13.7. The second-order valence-electron chi connectivity index (χ2n) is 8.21. The summed E-state index contributed by atoms with van der Waals surface area (Å²) in [7, 11) is 0. The zero-order valence-electron chi connectivity index (χ0n) is 16.8. The molecule has 2 aromatic carbocycles. The van der Waals surface area contributed by atoms with Crippen molar-refractivity contribution < 1.29 is 9.18 Å². The largest absolute Gasteiger partial charge is 0.305 e. The summed E-state index contributed by atoms with van der Waals surface area (Å²) in [6.45, 7) is 0. The molecule has 1 amide bonds. The van der Waals surface area contributed by atoms with Crippen LogP contribution >= 0.6 is 0 Å². The van der Waals surface area contributed by atoms with Gasteiger partial charge in [-0.2, -0.15) is 0 Å². The van der Waals surface area contributed by atoms with Crippen LogP contribution in [0.15, 0.2) is 48.5 Å². The van der Waals surface area contributed by atoms with Crippen LogP contribution in [0.2, 0.25) is 0 Å². The number of hydrogen-bond donors (Lipinski definition) is 1. The Morgan fingerprint density at radius 1 is 0.967 bits per heavy atom. The number of fused-ring (bicyclic) bond motifs is 3. The number of amides is 1. The van der Waals surface area contributed by atoms with Gasteiger partial charge in [0.25, 0.3) is 5.91 Å². The number of nitrogens with zero attached hydrogens (tertiary/aromatic N) is 2. The van der Waals surface area contributed by atoms with Gasteiger partial charge in [0.1, 0.15) is 5.82 Å². The Morgan fingerprint density at radius 2 is 1.77 bits per heavy atom. The van der Waals surface area contributed by atoms with Gasteiger partial charge in [-0.25, -0.2) is 14.4 Å². The van der Waals surface area contributed by atoms with Gasteiger partial charge in [0.2, 0.25) is 0 Å². The molecule has 0 bridgehead atoms. The first-order valence-electron chi connectivity index (χ1n) is 10.7. The van der Waals surface area contributed by atoms with E-state index in [0.717, 1.165) is 60.3 Å². The van der Waals surface area contributed by atoms with Crippen molar-refractivity contribution in [2.24, 2.45) is 0 Å². The zero-order valence-corrected chi connectivity index (χ0v) is 16.8. The molecule has 2 aliphatic rings. The van der Waals surface area contributed by atoms with Crippen molar-refractivity contribution in [3.05, 3.63) is 76.9 Å². The lowest BCUT2D eigenvalue weighted by Gasteiger charge is -2.26. The average Bonchev–Trinajstić information content (AvgIpc) is 2.79. The van der Waals surface area contributed by atoms with Crippen LogP contribution in [0.5, 0.6) is 0 Å². The minimum Gasteiger partial charge on any atom is -0.305 e. The van der Waals surface area contributed by atoms with Crippen LogP contribution in [-0.2, 0) is 12.8 Å². The van der Waals surface area contributed by atoms with Crippen molar-refractivity contribution in [3.63, 3.8) is 0 Å². The van der Waals surface area contributed by atoms with Crippen LogP contribution in [0.3, 0.4) is 0 Å². The molecule has 0 aliphatic heterocycles. The Labute approximate surface area is 175 Å². The first kappa shape index (κ1) is 18.9. The van der Waals surface area contributed by atoms with E-state index in [1.165, 1.54) is 12.5 Å². The number of rotatable bonds is 3. The molecule has 0 radical (unpaired) electrons. The van der Waals surface area contributed by atoms with E-state index in [1.54, 1.807) is 18.2 Å². The highest BCUT2D eigenvalue weighted by molar-refractivity contribution is 6.04. The first-order valence-corrected chi connectivity index (χ1v) is 10.7. The molecule has 0 unspecified atom stereocenters. The maximum Gasteiger partial charge on any atom is 0.256 e. The lowest BCUT2D eigenvalue weighted by Crippen LogP contribution is -2.20. The standard InChI is InChI=1S/C25H24FN3O/c26-19-12-13-20-18(15-19)11-14-21-23(20)28-22(16-7-3-1-4-8-16)24(27-21)29-25(30)17-9-5-2-6-10-17/h2,5-6,9-10,12-13,15-16H,1,3-4,7-8,11,14H2,(H,27,29,30). The third-order valence-corrected chi connectivity index (χ3v) is 6.21. The fourth-order valence-electron chi connectivity index (χ4n) is 4.65. The summed E-state index contributed by atoms with van der Waals surface area (Å²) < 4.78 is 13.7. The van der Waals surface area contributed by atoms with Gasteiger partial charge in [-0.15, -0.1) is 0 Å². The van der Waals surface area contributed by atoms with Gasteiger partial charge in [0, 0.05) is 17.0 Å². The van der Waals surface area contributed by atoms with E-state index in [2.05, 4.69) is 5.32 Å². The Morgan fingerprint density at radius 3 is 2.57 bits per heavy atom. The fraction of sp³-hybridized carbons (Fsp3) is 0.320. The van der Waals surface area contributed by atoms with E-state index in [0.29, 0.717) is 17.8 Å². The van der Waals surface area contributed by atoms with Crippen LogP contribution in [0, 0.1) is 5.82 Å². The van der Waals surface area contributed by atoms with Gasteiger partial charge in [0.15, 0.2) is 5.82 Å². The summed E-state index contributed by atoms with van der Waals surface area (Å²) in [4.78, 5) is 22.8. The topological polar surface area (TPSA) is 54.9 Å². The minimum absolute atomic E-state index is 0.166. The number of carbonyl (C=O) groups excluding carboxylic acids is 1. The molecule has 0 atom stereocenters. The number of anilines is 1. The maximum absolute atomic E-state index is 13.7. The number of aromatic nitrogens is 2. The van der Waals surface area contributed by atoms with Gasteiger partial charge >= 0.3 is 0 Å². The molecular formula is C25H24FN3O. The summed E-state index contributed by atoms with van der Waals surface area (Å²) >= 11 is 0. The van der Waals surface area contributed by atoms with Gasteiger partial charge < -0.3 is 5.32 Å². The molecule has 3 aromatic rings. The lowest BCUT2D eigenvalue weighted by atomic mass is 9.85. The van der Waals surface area contributed by atoms with E-state index in [9.17, 15) is 9.18 Å². The molecule has 5 rings (SSSR count). The normalized spacial score (nSPS) is 15.9. The Hall–Kier alpha value is -3.08. The number of benzene rings is 2. The SMILES string of the molecule is O=C(Nc1nc2c(nc1C1CCCCC1)-c1ccc(F)cc1CC2)c1ccccc1. The molecule has 5 heteroatoms. The second kappa shape index (κ2) is 7.98. The van der Waals surface area contributed by atoms with Crippen molar-refractivity contribution in [1.82, 2.24) is 9.97 Å². The van der Waals surface area contributed by atoms with Gasteiger partial charge in [-0.05, 0) is 61.6 Å². The zero-order chi connectivity index (χ0) is 20.5. The molecule has 1 fully saturated rings. The Bertz CT molecular complexity index is 1090. The van der Waals surface area contributed by atoms with Crippen molar-refractivity contribution >= 4 is 11.7 Å². The highest BCUT2D eigenvalue weighted by Crippen LogP contribution is 2.39. The van der Waals surface area contributed by atoms with Crippen LogP contribution in [0.1, 0.15) is 65.3 Å². The Balaban J connectivity index is 1.58. The summed E-state index contributed by atoms with van der Waals surface area (Å²) in [5.41, 5.74) is 5.13. The molecule has 30 heavy (non-hydrogen) atoms. The molecule has 4 nitrogen and oxygen atoms in total. The molecule has 1 aromatic heterocycles. The van der Waals surface area contributed by atoms with Crippen LogP contribution in [0.4, 0.5) is 10.2 Å². The third kappa shape index (κ3) is 3.60. The van der Waals surface area contributed by atoms with Gasteiger partial charge in [-0.3, -0.25) is 4.79 Å². The minimum atomic E-state index is -0.218. The fourth-order valence-corrected chi connectivity index (χ4v) is 4.65. The van der Waals surface area contributed by atoms with E-state index in [1.807, 2.05) is 24.3 Å². The number of carbonyl (C=O) groups is 1. The van der Waals surface area contributed by atoms with Crippen LogP contribution in [0.25, 0.3) is 11.3 Å². The molecule has 0 saturated heterocycles. The van der Waals surface area contributed by atoms with Crippen molar-refractivity contribution in [1.29, 1.82) is 0 Å². The number of aryl methyl sites for hydroxylation is 2. The van der Waals surface area contributed by atoms with E-state index in [4.69, 9.17) is 9.97 Å². The highest BCUT2D eigenvalue weighted by Gasteiger charge is 2.27. The molecule has 152 valence electrons. The van der Waals surface area contributed by atoms with Crippen LogP contribution < -0.4 is 5.32 Å². The quantitative estimate of drug-likeness (QED) is 0.614. The molecule has 1 N–H and O–H groups in total. The molecule has 0 spiro atoms. The third-order valence-electron chi connectivity index (χ3n) is 6.21. The van der Waals surface area contributed by atoms with E-state index in [-0.39, 0.29) is 17.6 Å². The summed E-state index contributed by atoms with van der Waals surface area (Å²) in [5, 5.41) is 3.03. The number of hydrogen-bond acceptors (Lipinski definition) is 3. The monoisotopic (exact) mass is 401 g/mol. The number of halogens is 1. The summed E-state index contributed by atoms with van der Waals surface area (Å²) in [6.07, 6.45) is 7.09. The molecular weight excluding hydrogens is 377 g/mol. The Kier molecular flexibility index (Phi) is 5.03. The van der Waals surface area contributed by atoms with E-state index < -0.39 is 0 Å². The van der Waals surface area contributed by atoms with Crippen molar-refractivity contribution in [2.75, 3.05) is 5.32 Å². The predicted molar refractivity (Wildman–Crippen MR) is 115 cm³/mol. The van der Waals surface area contributed by atoms with Crippen molar-refractivity contribution in [2.45, 2.75) is 50.9 Å². The van der Waals surface area contributed by atoms with Gasteiger partial charge in [0.05, 0.1) is 17.1 Å². The van der Waals surface area contributed by atoms with Crippen LogP contribution in [-0.4, -0.2) is 15.9 Å². The molecule has 2 aliphatic carbocycles. The van der Waals surface area contributed by atoms with Gasteiger partial charge in [-0.1, -0.05) is 37.5 Å². The smallest absolute Gasteiger partial charge is 0.256 e. The average molecular weight is 401 g/mol. The predicted octanol–water partition coefficient (Wildman–Crippen LogP) is 5.68. The summed E-state index contributed by atoms with van der Waals surface area (Å²) in [5.74, 6) is 0.484. The first-order chi connectivity index (χ1) is 14.7. The molecule has 1 heterocycles. The van der Waals surface area contributed by atoms with E-state index >= 15 is 0 Å². The second-order valence-corrected chi connectivity index (χ2v) is 8.21. The molecule has 1 saturated carbocycles.